The molecule has 3 atom stereocenters. The molecule has 0 radical (unpaired) electrons. The highest BCUT2D eigenvalue weighted by Crippen LogP contribution is 2.47. The van der Waals surface area contributed by atoms with Gasteiger partial charge in [-0.05, 0) is 55.7 Å². The predicted molar refractivity (Wildman–Crippen MR) is 215 cm³/mol. The monoisotopic (exact) mass is 719 g/mol. The maximum Gasteiger partial charge on any atom is 0.261 e. The number of rotatable bonds is 30. The van der Waals surface area contributed by atoms with Crippen LogP contribution in [0.4, 0.5) is 0 Å². The van der Waals surface area contributed by atoms with E-state index >= 15 is 0 Å². The molecule has 3 aliphatic rings. The van der Waals surface area contributed by atoms with Gasteiger partial charge < -0.3 is 19.0 Å². The number of ether oxygens (including phenoxy) is 1. The maximum absolute atomic E-state index is 14.9. The summed E-state index contributed by atoms with van der Waals surface area (Å²) in [5.74, 6) is 1.32. The van der Waals surface area contributed by atoms with Crippen molar-refractivity contribution in [1.82, 2.24) is 9.80 Å². The second-order valence-corrected chi connectivity index (χ2v) is 16.1. The minimum absolute atomic E-state index is 0.0420. The van der Waals surface area contributed by atoms with E-state index in [0.29, 0.717) is 53.9 Å². The Bertz CT molecular complexity index is 1270. The van der Waals surface area contributed by atoms with Crippen molar-refractivity contribution in [3.05, 3.63) is 53.3 Å². The van der Waals surface area contributed by atoms with Crippen LogP contribution in [0.1, 0.15) is 194 Å². The molecule has 0 spiro atoms. The smallest absolute Gasteiger partial charge is 0.261 e. The number of nitrogens with zero attached hydrogens (tertiary/aromatic N) is 2. The third-order valence-electron chi connectivity index (χ3n) is 11.7. The molecule has 292 valence electrons. The first-order chi connectivity index (χ1) is 25.5. The first kappa shape index (κ1) is 42.0. The van der Waals surface area contributed by atoms with Crippen LogP contribution >= 0.6 is 0 Å². The van der Waals surface area contributed by atoms with Crippen LogP contribution in [0.3, 0.4) is 0 Å². The lowest BCUT2D eigenvalue weighted by atomic mass is 9.93. The van der Waals surface area contributed by atoms with E-state index in [1.807, 2.05) is 28.0 Å². The normalized spacial score (nSPS) is 18.3. The zero-order valence-electron chi connectivity index (χ0n) is 33.7. The van der Waals surface area contributed by atoms with Crippen molar-refractivity contribution in [2.75, 3.05) is 13.1 Å². The molecule has 6 nitrogen and oxygen atoms in total. The standard InChI is InChI=1S/C46H74N2O4/c1-5-9-13-17-19-23-29-37(27-21-15-11-7-3)35-47-43(39-31-25-33-51-39)41-42(45(47)49)44(40-32-26-34-52-40)48(46(41)50)36-38(28-22-16-12-8-4)30-24-20-18-14-10-6-2/h25-26,31,33-34,37-38,40H,5-24,27-30,32,35-36H2,1-4H3. The molecule has 1 aromatic rings. The summed E-state index contributed by atoms with van der Waals surface area (Å²) in [6.07, 6.45) is 35.3. The largest absolute Gasteiger partial charge is 0.492 e. The van der Waals surface area contributed by atoms with Crippen molar-refractivity contribution in [2.45, 2.75) is 194 Å². The number of furan rings is 1. The third-order valence-corrected chi connectivity index (χ3v) is 11.7. The summed E-state index contributed by atoms with van der Waals surface area (Å²) in [6.45, 7) is 10.3. The summed E-state index contributed by atoms with van der Waals surface area (Å²) in [6, 6.07) is 3.80. The molecule has 52 heavy (non-hydrogen) atoms. The molecule has 2 amide bonds. The van der Waals surface area contributed by atoms with E-state index in [0.717, 1.165) is 31.4 Å². The lowest BCUT2D eigenvalue weighted by Gasteiger charge is -2.31. The van der Waals surface area contributed by atoms with Crippen molar-refractivity contribution >= 4 is 17.5 Å². The first-order valence-corrected chi connectivity index (χ1v) is 22.0. The van der Waals surface area contributed by atoms with Crippen molar-refractivity contribution in [3.8, 4) is 0 Å². The molecular weight excluding hydrogens is 645 g/mol. The minimum Gasteiger partial charge on any atom is -0.492 e. The van der Waals surface area contributed by atoms with Crippen molar-refractivity contribution in [3.63, 3.8) is 0 Å². The van der Waals surface area contributed by atoms with Crippen LogP contribution in [0.25, 0.3) is 5.70 Å². The number of amides is 2. The third kappa shape index (κ3) is 12.1. The van der Waals surface area contributed by atoms with E-state index in [-0.39, 0.29) is 17.9 Å². The van der Waals surface area contributed by atoms with Gasteiger partial charge in [-0.15, -0.1) is 0 Å². The van der Waals surface area contributed by atoms with Crippen LogP contribution in [0.15, 0.2) is 52.0 Å². The van der Waals surface area contributed by atoms with E-state index in [9.17, 15) is 9.59 Å². The molecule has 0 N–H and O–H groups in total. The van der Waals surface area contributed by atoms with Crippen LogP contribution in [0, 0.1) is 11.8 Å². The quantitative estimate of drug-likeness (QED) is 0.0743. The van der Waals surface area contributed by atoms with Crippen LogP contribution < -0.4 is 0 Å². The van der Waals surface area contributed by atoms with Gasteiger partial charge in [0.25, 0.3) is 11.8 Å². The van der Waals surface area contributed by atoms with Crippen LogP contribution in [-0.4, -0.2) is 40.8 Å². The molecule has 0 aliphatic carbocycles. The van der Waals surface area contributed by atoms with Crippen LogP contribution in [0.5, 0.6) is 0 Å². The van der Waals surface area contributed by atoms with E-state index < -0.39 is 0 Å². The highest BCUT2D eigenvalue weighted by atomic mass is 16.5. The number of hydrogen-bond acceptors (Lipinski definition) is 4. The maximum atomic E-state index is 14.9. The van der Waals surface area contributed by atoms with Crippen molar-refractivity contribution in [2.24, 2.45) is 11.8 Å². The Kier molecular flexibility index (Phi) is 19.2. The fourth-order valence-corrected chi connectivity index (χ4v) is 8.66. The number of hydrogen-bond donors (Lipinski definition) is 0. The second-order valence-electron chi connectivity index (χ2n) is 16.1. The minimum atomic E-state index is -0.319. The Balaban J connectivity index is 1.61. The zero-order valence-corrected chi connectivity index (χ0v) is 33.7. The number of carbonyl (C=O) groups excluding carboxylic acids is 2. The molecule has 0 fully saturated rings. The van der Waals surface area contributed by atoms with Gasteiger partial charge in [0.1, 0.15) is 11.8 Å². The first-order valence-electron chi connectivity index (χ1n) is 22.0. The number of carbonyl (C=O) groups is 2. The topological polar surface area (TPSA) is 63.0 Å². The summed E-state index contributed by atoms with van der Waals surface area (Å²) in [5.41, 5.74) is 2.58. The average molecular weight is 719 g/mol. The number of fused-ring (bicyclic) bond motifs is 1. The molecule has 0 saturated carbocycles. The summed E-state index contributed by atoms with van der Waals surface area (Å²) in [5, 5.41) is 0. The molecular formula is C46H74N2O4. The molecule has 1 aromatic heterocycles. The fraction of sp³-hybridized carbons (Fsp3) is 0.739. The molecule has 0 saturated heterocycles. The van der Waals surface area contributed by atoms with Gasteiger partial charge in [0, 0.05) is 19.5 Å². The van der Waals surface area contributed by atoms with Gasteiger partial charge >= 0.3 is 0 Å². The Morgan fingerprint density at radius 3 is 1.54 bits per heavy atom. The Morgan fingerprint density at radius 1 is 0.615 bits per heavy atom. The molecule has 6 heteroatoms. The van der Waals surface area contributed by atoms with Crippen molar-refractivity contribution < 1.29 is 18.7 Å². The van der Waals surface area contributed by atoms with Gasteiger partial charge in [-0.1, -0.05) is 156 Å². The van der Waals surface area contributed by atoms with E-state index in [1.165, 1.54) is 128 Å². The fourth-order valence-electron chi connectivity index (χ4n) is 8.66. The summed E-state index contributed by atoms with van der Waals surface area (Å²) >= 11 is 0. The summed E-state index contributed by atoms with van der Waals surface area (Å²) in [4.78, 5) is 33.6. The van der Waals surface area contributed by atoms with E-state index in [1.54, 1.807) is 12.5 Å². The van der Waals surface area contributed by atoms with Gasteiger partial charge in [0.2, 0.25) is 0 Å². The average Bonchev–Trinajstić information content (AvgIpc) is 3.96. The summed E-state index contributed by atoms with van der Waals surface area (Å²) in [7, 11) is 0. The van der Waals surface area contributed by atoms with E-state index in [4.69, 9.17) is 9.15 Å². The number of unbranched alkanes of at least 4 members (excludes halogenated alkanes) is 16. The molecule has 3 unspecified atom stereocenters. The Morgan fingerprint density at radius 2 is 1.08 bits per heavy atom. The van der Waals surface area contributed by atoms with Gasteiger partial charge in [0.15, 0.2) is 5.76 Å². The lowest BCUT2D eigenvalue weighted by molar-refractivity contribution is -0.125. The lowest BCUT2D eigenvalue weighted by Crippen LogP contribution is -2.38. The highest BCUT2D eigenvalue weighted by molar-refractivity contribution is 6.25. The predicted octanol–water partition coefficient (Wildman–Crippen LogP) is 12.9. The molecule has 3 aliphatic heterocycles. The van der Waals surface area contributed by atoms with Gasteiger partial charge in [0.05, 0.1) is 29.4 Å². The van der Waals surface area contributed by atoms with E-state index in [2.05, 4.69) is 27.7 Å². The van der Waals surface area contributed by atoms with Crippen LogP contribution in [0.2, 0.25) is 0 Å². The summed E-state index contributed by atoms with van der Waals surface area (Å²) < 4.78 is 12.2. The van der Waals surface area contributed by atoms with Gasteiger partial charge in [-0.25, -0.2) is 0 Å². The van der Waals surface area contributed by atoms with Crippen LogP contribution in [-0.2, 0) is 14.3 Å². The van der Waals surface area contributed by atoms with Gasteiger partial charge in [-0.3, -0.25) is 9.59 Å². The molecule has 4 heterocycles. The Hall–Kier alpha value is -2.76. The zero-order chi connectivity index (χ0) is 37.0. The molecule has 0 bridgehead atoms. The SMILES string of the molecule is CCCCCCCCC(CCCCCC)CN1C(=O)C2=C(C3CC=CO3)N(CC(CCCCCC)CCCCCCCC)C(=O)C2=C1c1ccco1. The second kappa shape index (κ2) is 23.8. The Labute approximate surface area is 317 Å². The molecule has 4 rings (SSSR count). The van der Waals surface area contributed by atoms with Gasteiger partial charge in [-0.2, -0.15) is 0 Å². The molecule has 0 aromatic carbocycles. The highest BCUT2D eigenvalue weighted by Gasteiger charge is 2.51. The van der Waals surface area contributed by atoms with Crippen molar-refractivity contribution in [1.29, 1.82) is 0 Å².